The number of hydrogen-bond donors (Lipinski definition) is 1. The van der Waals surface area contributed by atoms with E-state index in [1.165, 1.54) is 23.5 Å². The minimum absolute atomic E-state index is 0.122. The fraction of sp³-hybridized carbons (Fsp3) is 0.231. The Kier molecular flexibility index (Phi) is 4.08. The number of hydrogen-bond acceptors (Lipinski definition) is 3. The molecule has 1 N–H and O–H groups in total. The number of nitrogens with one attached hydrogen (secondary N) is 1. The van der Waals surface area contributed by atoms with Crippen molar-refractivity contribution in [2.75, 3.05) is 5.32 Å². The number of rotatable bonds is 3. The summed E-state index contributed by atoms with van der Waals surface area (Å²) in [6.45, 7) is 1.85. The van der Waals surface area contributed by atoms with Gasteiger partial charge in [-0.05, 0) is 18.6 Å². The molecule has 2 rings (SSSR count). The van der Waals surface area contributed by atoms with Gasteiger partial charge < -0.3 is 5.32 Å². The first kappa shape index (κ1) is 14.5. The maximum absolute atomic E-state index is 12.5. The van der Waals surface area contributed by atoms with Gasteiger partial charge in [0, 0.05) is 11.1 Å². The van der Waals surface area contributed by atoms with E-state index >= 15 is 0 Å². The summed E-state index contributed by atoms with van der Waals surface area (Å²) < 4.78 is 37.6. The molecular formula is C13H11F3N2OS. The second-order valence-corrected chi connectivity index (χ2v) is 5.43. The van der Waals surface area contributed by atoms with Gasteiger partial charge in [-0.1, -0.05) is 18.2 Å². The summed E-state index contributed by atoms with van der Waals surface area (Å²) in [7, 11) is 0. The fourth-order valence-electron chi connectivity index (χ4n) is 1.62. The van der Waals surface area contributed by atoms with Crippen LogP contribution in [0.3, 0.4) is 0 Å². The Morgan fingerprint density at radius 3 is 2.75 bits per heavy atom. The van der Waals surface area contributed by atoms with Crippen molar-refractivity contribution in [3.63, 3.8) is 0 Å². The number of amides is 1. The van der Waals surface area contributed by atoms with Crippen LogP contribution in [0, 0.1) is 6.92 Å². The Hall–Kier alpha value is -1.89. The lowest BCUT2D eigenvalue weighted by atomic mass is 10.1. The zero-order chi connectivity index (χ0) is 14.8. The second kappa shape index (κ2) is 5.62. The summed E-state index contributed by atoms with van der Waals surface area (Å²) in [5, 5.41) is 3.00. The Morgan fingerprint density at radius 1 is 1.40 bits per heavy atom. The molecule has 2 aromatic rings. The molecule has 1 heterocycles. The monoisotopic (exact) mass is 300 g/mol. The van der Waals surface area contributed by atoms with Crippen molar-refractivity contribution in [2.45, 2.75) is 19.5 Å². The molecule has 0 saturated carbocycles. The number of halogens is 3. The van der Waals surface area contributed by atoms with Gasteiger partial charge >= 0.3 is 6.18 Å². The normalized spacial score (nSPS) is 11.4. The van der Waals surface area contributed by atoms with E-state index in [-0.39, 0.29) is 6.42 Å². The molecule has 0 radical (unpaired) electrons. The minimum atomic E-state index is -4.40. The summed E-state index contributed by atoms with van der Waals surface area (Å²) in [5.41, 5.74) is -0.446. The molecule has 0 atom stereocenters. The molecule has 3 nitrogen and oxygen atoms in total. The van der Waals surface area contributed by atoms with Crippen molar-refractivity contribution in [1.29, 1.82) is 0 Å². The number of aromatic nitrogens is 1. The van der Waals surface area contributed by atoms with Crippen LogP contribution in [0.4, 0.5) is 18.3 Å². The van der Waals surface area contributed by atoms with Crippen LogP contribution in [0.15, 0.2) is 30.5 Å². The highest BCUT2D eigenvalue weighted by atomic mass is 32.1. The maximum Gasteiger partial charge on any atom is 0.416 e. The van der Waals surface area contributed by atoms with E-state index in [4.69, 9.17) is 0 Å². The Bertz CT molecular complexity index is 622. The van der Waals surface area contributed by atoms with Gasteiger partial charge in [0.2, 0.25) is 5.91 Å². The smallest absolute Gasteiger partial charge is 0.302 e. The minimum Gasteiger partial charge on any atom is -0.302 e. The molecule has 0 aliphatic rings. The lowest BCUT2D eigenvalue weighted by Crippen LogP contribution is -2.15. The van der Waals surface area contributed by atoms with Crippen LogP contribution >= 0.6 is 11.3 Å². The number of benzene rings is 1. The maximum atomic E-state index is 12.5. The molecule has 20 heavy (non-hydrogen) atoms. The second-order valence-electron chi connectivity index (χ2n) is 4.20. The van der Waals surface area contributed by atoms with Crippen LogP contribution in [0.2, 0.25) is 0 Å². The van der Waals surface area contributed by atoms with Gasteiger partial charge in [-0.15, -0.1) is 11.3 Å². The summed E-state index contributed by atoms with van der Waals surface area (Å²) in [6, 6.07) is 4.74. The largest absolute Gasteiger partial charge is 0.416 e. The summed E-state index contributed by atoms with van der Waals surface area (Å²) in [6.07, 6.45) is -2.91. The van der Waals surface area contributed by atoms with Crippen molar-refractivity contribution in [1.82, 2.24) is 4.98 Å². The third kappa shape index (κ3) is 3.80. The number of carbonyl (C=O) groups excluding carboxylic acids is 1. The molecular weight excluding hydrogens is 289 g/mol. The fourth-order valence-corrected chi connectivity index (χ4v) is 2.30. The van der Waals surface area contributed by atoms with Crippen molar-refractivity contribution in [3.05, 3.63) is 46.5 Å². The van der Waals surface area contributed by atoms with Crippen molar-refractivity contribution in [2.24, 2.45) is 0 Å². The first-order chi connectivity index (χ1) is 9.34. The number of aryl methyl sites for hydroxylation is 1. The molecule has 7 heteroatoms. The van der Waals surface area contributed by atoms with Crippen LogP contribution in [0.25, 0.3) is 0 Å². The van der Waals surface area contributed by atoms with Gasteiger partial charge in [0.1, 0.15) is 0 Å². The molecule has 0 unspecified atom stereocenters. The molecule has 0 spiro atoms. The van der Waals surface area contributed by atoms with Crippen LogP contribution in [-0.2, 0) is 17.4 Å². The highest BCUT2D eigenvalue weighted by Crippen LogP contribution is 2.29. The highest BCUT2D eigenvalue weighted by molar-refractivity contribution is 7.15. The number of thiazole rings is 1. The molecule has 106 valence electrons. The Morgan fingerprint density at radius 2 is 2.15 bits per heavy atom. The molecule has 0 bridgehead atoms. The first-order valence-corrected chi connectivity index (χ1v) is 6.54. The predicted octanol–water partition coefficient (Wildman–Crippen LogP) is 3.65. The van der Waals surface area contributed by atoms with Gasteiger partial charge in [-0.25, -0.2) is 4.98 Å². The van der Waals surface area contributed by atoms with E-state index in [9.17, 15) is 18.0 Å². The zero-order valence-electron chi connectivity index (χ0n) is 10.5. The quantitative estimate of drug-likeness (QED) is 0.940. The predicted molar refractivity (Wildman–Crippen MR) is 70.6 cm³/mol. The SMILES string of the molecule is Cc1cnc(NC(=O)Cc2cccc(C(F)(F)F)c2)s1. The van der Waals surface area contributed by atoms with Gasteiger partial charge in [0.25, 0.3) is 0 Å². The summed E-state index contributed by atoms with van der Waals surface area (Å²) in [4.78, 5) is 16.6. The van der Waals surface area contributed by atoms with Gasteiger partial charge in [0.15, 0.2) is 5.13 Å². The Labute approximate surface area is 117 Å². The molecule has 0 aliphatic carbocycles. The number of alkyl halides is 3. The van der Waals surface area contributed by atoms with E-state index in [0.717, 1.165) is 17.0 Å². The molecule has 1 aromatic heterocycles. The van der Waals surface area contributed by atoms with E-state index < -0.39 is 17.6 Å². The van der Waals surface area contributed by atoms with Crippen LogP contribution in [-0.4, -0.2) is 10.9 Å². The molecule has 1 aromatic carbocycles. The highest BCUT2D eigenvalue weighted by Gasteiger charge is 2.30. The zero-order valence-corrected chi connectivity index (χ0v) is 11.3. The van der Waals surface area contributed by atoms with Crippen LogP contribution < -0.4 is 5.32 Å². The number of carbonyl (C=O) groups is 1. The summed E-state index contributed by atoms with van der Waals surface area (Å²) in [5.74, 6) is -0.390. The van der Waals surface area contributed by atoms with Crippen LogP contribution in [0.5, 0.6) is 0 Å². The summed E-state index contributed by atoms with van der Waals surface area (Å²) >= 11 is 1.31. The average Bonchev–Trinajstić information content (AvgIpc) is 2.73. The van der Waals surface area contributed by atoms with Crippen molar-refractivity contribution < 1.29 is 18.0 Å². The van der Waals surface area contributed by atoms with Gasteiger partial charge in [-0.2, -0.15) is 13.2 Å². The van der Waals surface area contributed by atoms with Crippen LogP contribution in [0.1, 0.15) is 16.0 Å². The van der Waals surface area contributed by atoms with Gasteiger partial charge in [-0.3, -0.25) is 4.79 Å². The van der Waals surface area contributed by atoms with Crippen molar-refractivity contribution >= 4 is 22.4 Å². The molecule has 1 amide bonds. The lowest BCUT2D eigenvalue weighted by molar-refractivity contribution is -0.137. The number of nitrogens with zero attached hydrogens (tertiary/aromatic N) is 1. The first-order valence-electron chi connectivity index (χ1n) is 5.73. The standard InChI is InChI=1S/C13H11F3N2OS/c1-8-7-17-12(20-8)18-11(19)6-9-3-2-4-10(5-9)13(14,15)16/h2-5,7H,6H2,1H3,(H,17,18,19). The van der Waals surface area contributed by atoms with Gasteiger partial charge in [0.05, 0.1) is 12.0 Å². The van der Waals surface area contributed by atoms with E-state index in [1.807, 2.05) is 6.92 Å². The van der Waals surface area contributed by atoms with E-state index in [2.05, 4.69) is 10.3 Å². The lowest BCUT2D eigenvalue weighted by Gasteiger charge is -2.08. The Balaban J connectivity index is 2.04. The van der Waals surface area contributed by atoms with E-state index in [0.29, 0.717) is 10.7 Å². The number of anilines is 1. The third-order valence-electron chi connectivity index (χ3n) is 2.49. The third-order valence-corrected chi connectivity index (χ3v) is 3.31. The van der Waals surface area contributed by atoms with Crippen molar-refractivity contribution in [3.8, 4) is 0 Å². The molecule has 0 fully saturated rings. The topological polar surface area (TPSA) is 42.0 Å². The average molecular weight is 300 g/mol. The van der Waals surface area contributed by atoms with E-state index in [1.54, 1.807) is 6.20 Å². The molecule has 0 aliphatic heterocycles. The molecule has 0 saturated heterocycles.